The second kappa shape index (κ2) is 6.65. The van der Waals surface area contributed by atoms with Crippen LogP contribution in [0.2, 0.25) is 0 Å². The molecule has 0 aliphatic carbocycles. The molecule has 0 saturated heterocycles. The average molecular weight is 307 g/mol. The molecule has 0 atom stereocenters. The summed E-state index contributed by atoms with van der Waals surface area (Å²) in [6, 6.07) is 1.29. The van der Waals surface area contributed by atoms with Crippen LogP contribution in [0.3, 0.4) is 0 Å². The molecule has 0 spiro atoms. The van der Waals surface area contributed by atoms with Crippen LogP contribution in [0.25, 0.3) is 0 Å². The zero-order valence-corrected chi connectivity index (χ0v) is 11.7. The molecule has 0 heterocycles. The zero-order valence-electron chi connectivity index (χ0n) is 10.9. The van der Waals surface area contributed by atoms with Crippen molar-refractivity contribution in [3.8, 4) is 0 Å². The Morgan fingerprint density at radius 3 is 2.50 bits per heavy atom. The molecular formula is C12H15F2NO4S. The lowest BCUT2D eigenvalue weighted by Gasteiger charge is -2.07. The number of halogens is 2. The van der Waals surface area contributed by atoms with Crippen molar-refractivity contribution in [2.45, 2.75) is 13.3 Å². The molecule has 8 heteroatoms. The summed E-state index contributed by atoms with van der Waals surface area (Å²) in [4.78, 5) is 11.5. The first-order valence-corrected chi connectivity index (χ1v) is 7.71. The first kappa shape index (κ1) is 16.4. The van der Waals surface area contributed by atoms with Crippen LogP contribution in [0, 0.1) is 11.6 Å². The summed E-state index contributed by atoms with van der Waals surface area (Å²) in [6.07, 6.45) is 0.452. The fourth-order valence-corrected chi connectivity index (χ4v) is 2.63. The van der Waals surface area contributed by atoms with Crippen molar-refractivity contribution in [2.24, 2.45) is 0 Å². The Kier molecular flexibility index (Phi) is 5.43. The summed E-state index contributed by atoms with van der Waals surface area (Å²) in [6.45, 7) is 1.29. The third-order valence-corrected chi connectivity index (χ3v) is 4.27. The van der Waals surface area contributed by atoms with Crippen LogP contribution in [0.1, 0.15) is 23.7 Å². The Balaban J connectivity index is 2.67. The Labute approximate surface area is 115 Å². The van der Waals surface area contributed by atoms with Gasteiger partial charge in [0.05, 0.1) is 22.8 Å². The molecule has 5 nitrogen and oxygen atoms in total. The summed E-state index contributed by atoms with van der Waals surface area (Å²) in [5, 5.41) is 0. The highest BCUT2D eigenvalue weighted by Gasteiger charge is 2.17. The third kappa shape index (κ3) is 4.44. The minimum absolute atomic E-state index is 0.0184. The number of rotatable bonds is 6. The molecule has 0 aliphatic rings. The zero-order chi connectivity index (χ0) is 15.3. The van der Waals surface area contributed by atoms with E-state index >= 15 is 0 Å². The predicted molar refractivity (Wildman–Crippen MR) is 70.0 cm³/mol. The molecule has 0 bridgehead atoms. The van der Waals surface area contributed by atoms with Crippen LogP contribution in [-0.2, 0) is 14.6 Å². The lowest BCUT2D eigenvalue weighted by molar-refractivity contribution is 0.0523. The van der Waals surface area contributed by atoms with Gasteiger partial charge in [0.25, 0.3) is 0 Å². The number of hydrogen-bond donors (Lipinski definition) is 1. The SMILES string of the molecule is CCCS(=O)(=O)CCOC(=O)c1cc(F)c(N)cc1F. The van der Waals surface area contributed by atoms with E-state index in [1.807, 2.05) is 0 Å². The number of carbonyl (C=O) groups is 1. The number of benzene rings is 1. The number of esters is 1. The van der Waals surface area contributed by atoms with Gasteiger partial charge in [-0.05, 0) is 12.5 Å². The first-order chi connectivity index (χ1) is 9.26. The second-order valence-electron chi connectivity index (χ2n) is 4.14. The van der Waals surface area contributed by atoms with Gasteiger partial charge in [0.1, 0.15) is 18.2 Å². The van der Waals surface area contributed by atoms with Crippen LogP contribution in [0.15, 0.2) is 12.1 Å². The quantitative estimate of drug-likeness (QED) is 0.636. The molecule has 20 heavy (non-hydrogen) atoms. The summed E-state index contributed by atoms with van der Waals surface area (Å²) in [5.74, 6) is -3.48. The summed E-state index contributed by atoms with van der Waals surface area (Å²) in [5.41, 5.74) is 4.09. The molecule has 0 aliphatic heterocycles. The normalized spacial score (nSPS) is 11.3. The van der Waals surface area contributed by atoms with Crippen LogP contribution in [0.5, 0.6) is 0 Å². The van der Waals surface area contributed by atoms with E-state index in [4.69, 9.17) is 5.73 Å². The van der Waals surface area contributed by atoms with Gasteiger partial charge in [-0.15, -0.1) is 0 Å². The molecule has 2 N–H and O–H groups in total. The van der Waals surface area contributed by atoms with Gasteiger partial charge in [-0.1, -0.05) is 6.92 Å². The highest BCUT2D eigenvalue weighted by molar-refractivity contribution is 7.91. The van der Waals surface area contributed by atoms with E-state index in [-0.39, 0.29) is 11.5 Å². The molecule has 1 aromatic carbocycles. The van der Waals surface area contributed by atoms with Gasteiger partial charge >= 0.3 is 5.97 Å². The van der Waals surface area contributed by atoms with Gasteiger partial charge in [0.15, 0.2) is 9.84 Å². The van der Waals surface area contributed by atoms with Gasteiger partial charge < -0.3 is 10.5 Å². The van der Waals surface area contributed by atoms with E-state index in [0.717, 1.165) is 0 Å². The first-order valence-electron chi connectivity index (χ1n) is 5.89. The maximum Gasteiger partial charge on any atom is 0.341 e. The van der Waals surface area contributed by atoms with E-state index < -0.39 is 45.3 Å². The van der Waals surface area contributed by atoms with E-state index in [1.54, 1.807) is 6.92 Å². The van der Waals surface area contributed by atoms with Crippen molar-refractivity contribution >= 4 is 21.5 Å². The van der Waals surface area contributed by atoms with E-state index in [0.29, 0.717) is 18.6 Å². The van der Waals surface area contributed by atoms with Gasteiger partial charge in [-0.2, -0.15) is 0 Å². The van der Waals surface area contributed by atoms with Gasteiger partial charge in [-0.3, -0.25) is 0 Å². The van der Waals surface area contributed by atoms with E-state index in [2.05, 4.69) is 4.74 Å². The van der Waals surface area contributed by atoms with Crippen LogP contribution < -0.4 is 5.73 Å². The Bertz CT molecular complexity index is 602. The maximum atomic E-state index is 13.4. The molecule has 0 saturated carbocycles. The average Bonchev–Trinajstić information content (AvgIpc) is 2.33. The van der Waals surface area contributed by atoms with Crippen molar-refractivity contribution in [1.82, 2.24) is 0 Å². The molecule has 0 fully saturated rings. The van der Waals surface area contributed by atoms with Crippen molar-refractivity contribution in [1.29, 1.82) is 0 Å². The fraction of sp³-hybridized carbons (Fsp3) is 0.417. The molecule has 0 radical (unpaired) electrons. The highest BCUT2D eigenvalue weighted by atomic mass is 32.2. The topological polar surface area (TPSA) is 86.5 Å². The molecule has 112 valence electrons. The Morgan fingerprint density at radius 1 is 1.25 bits per heavy atom. The molecular weight excluding hydrogens is 292 g/mol. The fourth-order valence-electron chi connectivity index (χ4n) is 1.47. The number of ether oxygens (including phenoxy) is 1. The van der Waals surface area contributed by atoms with Crippen molar-refractivity contribution in [2.75, 3.05) is 23.8 Å². The Hall–Kier alpha value is -1.70. The number of hydrogen-bond acceptors (Lipinski definition) is 5. The molecule has 1 rings (SSSR count). The standard InChI is InChI=1S/C12H15F2NO4S/c1-2-4-20(17,18)5-3-19-12(16)8-6-10(14)11(15)7-9(8)13/h6-7H,2-5,15H2,1H3. The minimum atomic E-state index is -3.30. The molecule has 0 amide bonds. The van der Waals surface area contributed by atoms with Gasteiger partial charge in [-0.25, -0.2) is 22.0 Å². The molecule has 0 aromatic heterocycles. The van der Waals surface area contributed by atoms with Crippen LogP contribution in [0.4, 0.5) is 14.5 Å². The lowest BCUT2D eigenvalue weighted by Crippen LogP contribution is -2.18. The number of sulfone groups is 1. The second-order valence-corrected chi connectivity index (χ2v) is 6.44. The van der Waals surface area contributed by atoms with Crippen LogP contribution in [-0.4, -0.2) is 32.5 Å². The maximum absolute atomic E-state index is 13.4. The van der Waals surface area contributed by atoms with E-state index in [9.17, 15) is 22.0 Å². The monoisotopic (exact) mass is 307 g/mol. The number of nitrogen functional groups attached to an aromatic ring is 1. The highest BCUT2D eigenvalue weighted by Crippen LogP contribution is 2.17. The van der Waals surface area contributed by atoms with Crippen molar-refractivity contribution < 1.29 is 26.7 Å². The smallest absolute Gasteiger partial charge is 0.341 e. The van der Waals surface area contributed by atoms with Crippen LogP contribution >= 0.6 is 0 Å². The lowest BCUT2D eigenvalue weighted by atomic mass is 10.2. The van der Waals surface area contributed by atoms with E-state index in [1.165, 1.54) is 0 Å². The number of anilines is 1. The third-order valence-electron chi connectivity index (χ3n) is 2.45. The van der Waals surface area contributed by atoms with Gasteiger partial charge in [0, 0.05) is 6.07 Å². The summed E-state index contributed by atoms with van der Waals surface area (Å²) in [7, 11) is -3.30. The molecule has 0 unspecified atom stereocenters. The van der Waals surface area contributed by atoms with Crippen molar-refractivity contribution in [3.63, 3.8) is 0 Å². The van der Waals surface area contributed by atoms with Gasteiger partial charge in [0.2, 0.25) is 0 Å². The number of carbonyl (C=O) groups excluding carboxylic acids is 1. The predicted octanol–water partition coefficient (Wildman–Crippen LogP) is 1.53. The molecule has 1 aromatic rings. The largest absolute Gasteiger partial charge is 0.461 e. The number of nitrogens with two attached hydrogens (primary N) is 1. The Morgan fingerprint density at radius 2 is 1.90 bits per heavy atom. The van der Waals surface area contributed by atoms with Crippen molar-refractivity contribution in [3.05, 3.63) is 29.3 Å². The summed E-state index contributed by atoms with van der Waals surface area (Å²) >= 11 is 0. The summed E-state index contributed by atoms with van der Waals surface area (Å²) < 4.78 is 53.9. The minimum Gasteiger partial charge on any atom is -0.461 e.